The van der Waals surface area contributed by atoms with Crippen molar-refractivity contribution in [3.8, 4) is 0 Å². The van der Waals surface area contributed by atoms with E-state index in [4.69, 9.17) is 9.57 Å². The Morgan fingerprint density at radius 1 is 1.22 bits per heavy atom. The maximum Gasteiger partial charge on any atom is 0.414 e. The zero-order chi connectivity index (χ0) is 25.7. The van der Waals surface area contributed by atoms with Gasteiger partial charge in [0.15, 0.2) is 0 Å². The largest absolute Gasteiger partial charge is 0.442 e. The molecule has 1 atom stereocenters. The summed E-state index contributed by atoms with van der Waals surface area (Å²) in [5, 5.41) is 15.7. The molecule has 0 spiro atoms. The number of hydroxylamine groups is 2. The Kier molecular flexibility index (Phi) is 7.72. The van der Waals surface area contributed by atoms with Crippen LogP contribution in [0.4, 0.5) is 34.1 Å². The molecule has 0 aliphatic carbocycles. The molecule has 2 aliphatic heterocycles. The molecule has 0 radical (unpaired) electrons. The average Bonchev–Trinajstić information content (AvgIpc) is 3.44. The Morgan fingerprint density at radius 3 is 2.78 bits per heavy atom. The van der Waals surface area contributed by atoms with Crippen molar-refractivity contribution in [1.82, 2.24) is 31.1 Å². The van der Waals surface area contributed by atoms with Gasteiger partial charge >= 0.3 is 18.5 Å². The fraction of sp³-hybridized carbons (Fsp3) is 0.450. The van der Waals surface area contributed by atoms with E-state index in [9.17, 15) is 23.2 Å². The molecule has 36 heavy (non-hydrogen) atoms. The van der Waals surface area contributed by atoms with Gasteiger partial charge in [-0.2, -0.15) is 24.2 Å². The number of aromatic nitrogens is 3. The van der Waals surface area contributed by atoms with E-state index in [1.165, 1.54) is 18.3 Å². The third-order valence-corrected chi connectivity index (χ3v) is 5.45. The molecule has 4 amide bonds. The molecule has 16 heteroatoms. The van der Waals surface area contributed by atoms with E-state index < -0.39 is 36.4 Å². The normalized spacial score (nSPS) is 18.3. The van der Waals surface area contributed by atoms with Gasteiger partial charge in [0.05, 0.1) is 50.4 Å². The zero-order valence-corrected chi connectivity index (χ0v) is 18.8. The number of benzene rings is 1. The van der Waals surface area contributed by atoms with Crippen molar-refractivity contribution in [2.45, 2.75) is 19.1 Å². The molecular weight excluding hydrogens is 489 g/mol. The average molecular weight is 512 g/mol. The van der Waals surface area contributed by atoms with Crippen molar-refractivity contribution >= 4 is 29.4 Å². The molecule has 2 aliphatic rings. The summed E-state index contributed by atoms with van der Waals surface area (Å²) < 4.78 is 44.7. The number of carbonyl (C=O) groups excluding carboxylic acids is 3. The standard InChI is InChI=1S/C20H23F3N8O5/c21-15-7-13(30-11-14(36-20(30)34)10-24-18(32)17(22)23)1-2-16(15)29-3-4-31(35-6-5-29)19(33)25-8-12-9-26-28-27-12/h1-2,7,9,14,17H,3-6,8,10-11H2,(H,24,32)(H,25,33)(H,26,27,28)/t14-/m0/s1. The van der Waals surface area contributed by atoms with Crippen LogP contribution in [0.15, 0.2) is 24.4 Å². The molecule has 3 N–H and O–H groups in total. The summed E-state index contributed by atoms with van der Waals surface area (Å²) in [5.74, 6) is -2.08. The van der Waals surface area contributed by atoms with Gasteiger partial charge in [-0.3, -0.25) is 14.5 Å². The molecule has 2 aromatic rings. The van der Waals surface area contributed by atoms with E-state index in [0.717, 1.165) is 16.0 Å². The Balaban J connectivity index is 1.32. The fourth-order valence-corrected chi connectivity index (χ4v) is 3.67. The maximum absolute atomic E-state index is 15.0. The van der Waals surface area contributed by atoms with Crippen molar-refractivity contribution < 1.29 is 37.1 Å². The summed E-state index contributed by atoms with van der Waals surface area (Å²) in [5.41, 5.74) is 1.01. The number of alkyl halides is 2. The summed E-state index contributed by atoms with van der Waals surface area (Å²) in [7, 11) is 0. The second kappa shape index (κ2) is 11.1. The number of H-pyrrole nitrogens is 1. The van der Waals surface area contributed by atoms with Gasteiger partial charge in [-0.25, -0.2) is 19.0 Å². The van der Waals surface area contributed by atoms with E-state index in [1.807, 2.05) is 5.32 Å². The Bertz CT molecular complexity index is 1090. The number of anilines is 2. The first-order valence-electron chi connectivity index (χ1n) is 10.9. The van der Waals surface area contributed by atoms with Gasteiger partial charge in [0.2, 0.25) is 0 Å². The minimum atomic E-state index is -3.18. The number of halogens is 3. The maximum atomic E-state index is 15.0. The highest BCUT2D eigenvalue weighted by Crippen LogP contribution is 2.28. The van der Waals surface area contributed by atoms with E-state index in [1.54, 1.807) is 4.90 Å². The minimum Gasteiger partial charge on any atom is -0.442 e. The van der Waals surface area contributed by atoms with E-state index in [2.05, 4.69) is 20.7 Å². The van der Waals surface area contributed by atoms with Gasteiger partial charge in [-0.15, -0.1) is 0 Å². The number of nitrogens with one attached hydrogen (secondary N) is 3. The molecule has 3 heterocycles. The smallest absolute Gasteiger partial charge is 0.414 e. The van der Waals surface area contributed by atoms with Crippen LogP contribution >= 0.6 is 0 Å². The van der Waals surface area contributed by atoms with Crippen molar-refractivity contribution in [3.05, 3.63) is 35.9 Å². The van der Waals surface area contributed by atoms with Crippen LogP contribution in [0.25, 0.3) is 0 Å². The lowest BCUT2D eigenvalue weighted by Gasteiger charge is -2.24. The summed E-state index contributed by atoms with van der Waals surface area (Å²) in [4.78, 5) is 43.9. The molecule has 4 rings (SSSR count). The number of ether oxygens (including phenoxy) is 1. The molecule has 2 fully saturated rings. The summed E-state index contributed by atoms with van der Waals surface area (Å²) in [6.07, 6.45) is -3.34. The fourth-order valence-electron chi connectivity index (χ4n) is 3.67. The number of hydrogen-bond donors (Lipinski definition) is 3. The van der Waals surface area contributed by atoms with Crippen LogP contribution in [0, 0.1) is 5.82 Å². The molecular formula is C20H23F3N8O5. The van der Waals surface area contributed by atoms with E-state index in [0.29, 0.717) is 12.2 Å². The van der Waals surface area contributed by atoms with Gasteiger partial charge in [-0.05, 0) is 18.2 Å². The first-order chi connectivity index (χ1) is 17.3. The van der Waals surface area contributed by atoms with E-state index >= 15 is 4.39 Å². The third kappa shape index (κ3) is 5.94. The van der Waals surface area contributed by atoms with Crippen LogP contribution in [-0.2, 0) is 20.9 Å². The molecule has 0 saturated carbocycles. The second-order valence-electron chi connectivity index (χ2n) is 7.84. The number of urea groups is 1. The number of rotatable bonds is 7. The molecule has 13 nitrogen and oxygen atoms in total. The highest BCUT2D eigenvalue weighted by atomic mass is 19.3. The van der Waals surface area contributed by atoms with Crippen molar-refractivity contribution in [2.75, 3.05) is 49.1 Å². The van der Waals surface area contributed by atoms with Crippen molar-refractivity contribution in [3.63, 3.8) is 0 Å². The first kappa shape index (κ1) is 25.0. The molecule has 0 unspecified atom stereocenters. The van der Waals surface area contributed by atoms with Crippen molar-refractivity contribution in [2.24, 2.45) is 0 Å². The number of carbonyl (C=O) groups is 3. The Morgan fingerprint density at radius 2 is 2.06 bits per heavy atom. The topological polar surface area (TPSA) is 145 Å². The third-order valence-electron chi connectivity index (χ3n) is 5.45. The lowest BCUT2D eigenvalue weighted by Crippen LogP contribution is -2.41. The number of nitrogens with zero attached hydrogens (tertiary/aromatic N) is 5. The van der Waals surface area contributed by atoms with Crippen LogP contribution in [0.5, 0.6) is 0 Å². The number of amides is 4. The molecule has 2 saturated heterocycles. The predicted octanol–water partition coefficient (Wildman–Crippen LogP) is 0.614. The Labute approximate surface area is 202 Å². The van der Waals surface area contributed by atoms with Crippen LogP contribution in [0.2, 0.25) is 0 Å². The van der Waals surface area contributed by atoms with Crippen LogP contribution in [-0.4, -0.2) is 90.4 Å². The highest BCUT2D eigenvalue weighted by molar-refractivity contribution is 5.90. The second-order valence-corrected chi connectivity index (χ2v) is 7.84. The zero-order valence-electron chi connectivity index (χ0n) is 18.8. The molecule has 1 aromatic heterocycles. The highest BCUT2D eigenvalue weighted by Gasteiger charge is 2.33. The van der Waals surface area contributed by atoms with Gasteiger partial charge in [0.25, 0.3) is 5.91 Å². The van der Waals surface area contributed by atoms with Crippen molar-refractivity contribution in [1.29, 1.82) is 0 Å². The van der Waals surface area contributed by atoms with Gasteiger partial charge in [-0.1, -0.05) is 0 Å². The van der Waals surface area contributed by atoms with Gasteiger partial charge in [0, 0.05) is 13.1 Å². The van der Waals surface area contributed by atoms with Crippen LogP contribution in [0.3, 0.4) is 0 Å². The first-order valence-corrected chi connectivity index (χ1v) is 10.9. The summed E-state index contributed by atoms with van der Waals surface area (Å²) in [6.45, 7) is 0.707. The number of cyclic esters (lactones) is 1. The van der Waals surface area contributed by atoms with Crippen LogP contribution in [0.1, 0.15) is 5.69 Å². The van der Waals surface area contributed by atoms with Crippen LogP contribution < -0.4 is 20.4 Å². The summed E-state index contributed by atoms with van der Waals surface area (Å²) in [6, 6.07) is 3.70. The SMILES string of the molecule is O=C(NC[C@H]1CN(c2ccc(N3CCON(C(=O)NCc4cn[nH]n4)CC3)c(F)c2)C(=O)O1)C(F)F. The summed E-state index contributed by atoms with van der Waals surface area (Å²) >= 11 is 0. The Hall–Kier alpha value is -4.08. The lowest BCUT2D eigenvalue weighted by atomic mass is 10.2. The molecule has 194 valence electrons. The van der Waals surface area contributed by atoms with Gasteiger partial charge in [0.1, 0.15) is 17.6 Å². The molecule has 0 bridgehead atoms. The lowest BCUT2D eigenvalue weighted by molar-refractivity contribution is -0.132. The number of aromatic amines is 1. The predicted molar refractivity (Wildman–Crippen MR) is 117 cm³/mol. The number of hydrogen-bond acceptors (Lipinski definition) is 8. The molecule has 1 aromatic carbocycles. The van der Waals surface area contributed by atoms with Gasteiger partial charge < -0.3 is 20.3 Å². The van der Waals surface area contributed by atoms with E-state index in [-0.39, 0.29) is 50.7 Å². The quantitative estimate of drug-likeness (QED) is 0.490. The monoisotopic (exact) mass is 512 g/mol. The minimum absolute atomic E-state index is 0.0445.